The van der Waals surface area contributed by atoms with Crippen LogP contribution in [-0.2, 0) is 0 Å². The summed E-state index contributed by atoms with van der Waals surface area (Å²) in [5.74, 6) is 1.70. The molecule has 0 radical (unpaired) electrons. The molecule has 0 atom stereocenters. The number of rotatable bonds is 20. The van der Waals surface area contributed by atoms with Crippen LogP contribution in [0.2, 0.25) is 0 Å². The average Bonchev–Trinajstić information content (AvgIpc) is 2.88. The maximum Gasteiger partial charge on any atom is 0.343 e. The molecule has 4 heteroatoms. The van der Waals surface area contributed by atoms with Crippen molar-refractivity contribution in [2.24, 2.45) is 0 Å². The fourth-order valence-corrected chi connectivity index (χ4v) is 3.82. The lowest BCUT2D eigenvalue weighted by Crippen LogP contribution is -2.08. The minimum absolute atomic E-state index is 0.380. The monoisotopic (exact) mass is 480 g/mol. The molecule has 0 aliphatic heterocycles. The molecule has 2 aromatic rings. The largest absolute Gasteiger partial charge is 0.494 e. The molecule has 0 aromatic heterocycles. The van der Waals surface area contributed by atoms with E-state index in [2.05, 4.69) is 13.5 Å². The van der Waals surface area contributed by atoms with Crippen LogP contribution in [0.1, 0.15) is 101 Å². The van der Waals surface area contributed by atoms with Gasteiger partial charge in [-0.15, -0.1) is 6.58 Å². The number of unbranched alkanes of at least 4 members (excludes halogenated alkanes) is 11. The Hall–Kier alpha value is -2.75. The minimum atomic E-state index is -0.380. The van der Waals surface area contributed by atoms with Gasteiger partial charge in [-0.2, -0.15) is 0 Å². The first-order valence-corrected chi connectivity index (χ1v) is 13.5. The van der Waals surface area contributed by atoms with Gasteiger partial charge in [0.15, 0.2) is 0 Å². The quantitative estimate of drug-likeness (QED) is 0.0821. The lowest BCUT2D eigenvalue weighted by Gasteiger charge is -2.09. The summed E-state index contributed by atoms with van der Waals surface area (Å²) in [6, 6.07) is 14.4. The normalized spacial score (nSPS) is 10.7. The Kier molecular flexibility index (Phi) is 15.1. The maximum atomic E-state index is 12.5. The van der Waals surface area contributed by atoms with E-state index >= 15 is 0 Å². The second-order valence-corrected chi connectivity index (χ2v) is 9.05. The molecular weight excluding hydrogens is 436 g/mol. The van der Waals surface area contributed by atoms with Crippen LogP contribution in [0.15, 0.2) is 61.2 Å². The second-order valence-electron chi connectivity index (χ2n) is 9.05. The van der Waals surface area contributed by atoms with Crippen molar-refractivity contribution in [3.05, 3.63) is 66.7 Å². The molecule has 0 unspecified atom stereocenters. The fourth-order valence-electron chi connectivity index (χ4n) is 3.82. The highest BCUT2D eigenvalue weighted by Gasteiger charge is 2.09. The van der Waals surface area contributed by atoms with E-state index in [0.717, 1.165) is 30.8 Å². The number of carbonyl (C=O) groups is 1. The summed E-state index contributed by atoms with van der Waals surface area (Å²) in [6.07, 6.45) is 17.8. The lowest BCUT2D eigenvalue weighted by atomic mass is 10.1. The smallest absolute Gasteiger partial charge is 0.343 e. The van der Waals surface area contributed by atoms with Gasteiger partial charge in [-0.25, -0.2) is 4.79 Å². The Morgan fingerprint density at radius 1 is 0.657 bits per heavy atom. The summed E-state index contributed by atoms with van der Waals surface area (Å²) in [5.41, 5.74) is 0.501. The van der Waals surface area contributed by atoms with Crippen molar-refractivity contribution in [3.63, 3.8) is 0 Å². The third-order valence-electron chi connectivity index (χ3n) is 5.96. The predicted octanol–water partition coefficient (Wildman–Crippen LogP) is 8.94. The molecule has 0 N–H and O–H groups in total. The molecule has 0 aliphatic carbocycles. The van der Waals surface area contributed by atoms with Gasteiger partial charge in [-0.05, 0) is 74.2 Å². The van der Waals surface area contributed by atoms with Crippen LogP contribution in [0.25, 0.3) is 0 Å². The van der Waals surface area contributed by atoms with Crippen LogP contribution in [0.3, 0.4) is 0 Å². The van der Waals surface area contributed by atoms with E-state index in [1.54, 1.807) is 24.3 Å². The van der Waals surface area contributed by atoms with Gasteiger partial charge in [0.1, 0.15) is 17.2 Å². The van der Waals surface area contributed by atoms with Crippen LogP contribution in [0.4, 0.5) is 0 Å². The molecular formula is C31H44O4. The molecule has 4 nitrogen and oxygen atoms in total. The number of carbonyl (C=O) groups excluding carboxylic acids is 1. The standard InChI is InChI=1S/C31H44O4/c1-3-5-7-9-10-11-12-14-16-26-33-28-19-17-27(18-20-28)31(32)35-30-23-21-29(22-24-30)34-25-15-13-8-6-4-2/h3,17-24H,1,4-16,25-26H2,2H3. The van der Waals surface area contributed by atoms with Crippen molar-refractivity contribution in [2.45, 2.75) is 90.4 Å². The third kappa shape index (κ3) is 13.1. The molecule has 2 aromatic carbocycles. The summed E-state index contributed by atoms with van der Waals surface area (Å²) in [7, 11) is 0. The Morgan fingerprint density at radius 2 is 1.11 bits per heavy atom. The molecule has 0 saturated carbocycles. The number of allylic oxidation sites excluding steroid dienone is 1. The van der Waals surface area contributed by atoms with Crippen molar-refractivity contribution in [2.75, 3.05) is 13.2 Å². The molecule has 0 spiro atoms. The van der Waals surface area contributed by atoms with Crippen molar-refractivity contribution < 1.29 is 19.0 Å². The predicted molar refractivity (Wildman–Crippen MR) is 145 cm³/mol. The van der Waals surface area contributed by atoms with Gasteiger partial charge >= 0.3 is 5.97 Å². The summed E-state index contributed by atoms with van der Waals surface area (Å²) in [4.78, 5) is 12.5. The van der Waals surface area contributed by atoms with Crippen molar-refractivity contribution >= 4 is 5.97 Å². The number of hydrogen-bond donors (Lipinski definition) is 0. The van der Waals surface area contributed by atoms with Gasteiger partial charge < -0.3 is 14.2 Å². The zero-order valence-electron chi connectivity index (χ0n) is 21.6. The topological polar surface area (TPSA) is 44.8 Å². The average molecular weight is 481 g/mol. The van der Waals surface area contributed by atoms with E-state index < -0.39 is 0 Å². The summed E-state index contributed by atoms with van der Waals surface area (Å²) >= 11 is 0. The number of hydrogen-bond acceptors (Lipinski definition) is 4. The van der Waals surface area contributed by atoms with E-state index in [4.69, 9.17) is 14.2 Å². The molecule has 0 bridgehead atoms. The van der Waals surface area contributed by atoms with Crippen LogP contribution >= 0.6 is 0 Å². The van der Waals surface area contributed by atoms with Crippen LogP contribution in [-0.4, -0.2) is 19.2 Å². The van der Waals surface area contributed by atoms with Gasteiger partial charge in [-0.3, -0.25) is 0 Å². The molecule has 0 aliphatic rings. The molecule has 0 fully saturated rings. The van der Waals surface area contributed by atoms with Gasteiger partial charge in [0.2, 0.25) is 0 Å². The zero-order chi connectivity index (χ0) is 25.0. The first-order chi connectivity index (χ1) is 17.2. The first kappa shape index (κ1) is 28.5. The van der Waals surface area contributed by atoms with Crippen molar-refractivity contribution in [1.82, 2.24) is 0 Å². The van der Waals surface area contributed by atoms with Crippen LogP contribution < -0.4 is 14.2 Å². The van der Waals surface area contributed by atoms with E-state index in [0.29, 0.717) is 24.5 Å². The molecule has 192 valence electrons. The Morgan fingerprint density at radius 3 is 1.66 bits per heavy atom. The Labute approximate surface area is 212 Å². The van der Waals surface area contributed by atoms with E-state index in [-0.39, 0.29) is 5.97 Å². The fraction of sp³-hybridized carbons (Fsp3) is 0.516. The van der Waals surface area contributed by atoms with Gasteiger partial charge in [-0.1, -0.05) is 70.8 Å². The van der Waals surface area contributed by atoms with Gasteiger partial charge in [0.25, 0.3) is 0 Å². The molecule has 0 saturated heterocycles. The molecule has 0 heterocycles. The molecule has 35 heavy (non-hydrogen) atoms. The first-order valence-electron chi connectivity index (χ1n) is 13.5. The van der Waals surface area contributed by atoms with Crippen molar-refractivity contribution in [1.29, 1.82) is 0 Å². The highest BCUT2D eigenvalue weighted by molar-refractivity contribution is 5.91. The number of benzene rings is 2. The van der Waals surface area contributed by atoms with Crippen LogP contribution in [0, 0.1) is 0 Å². The maximum absolute atomic E-state index is 12.5. The van der Waals surface area contributed by atoms with E-state index in [1.807, 2.05) is 30.3 Å². The summed E-state index contributed by atoms with van der Waals surface area (Å²) in [6.45, 7) is 7.39. The van der Waals surface area contributed by atoms with Gasteiger partial charge in [0.05, 0.1) is 18.8 Å². The Bertz CT molecular complexity index is 811. The van der Waals surface area contributed by atoms with Crippen LogP contribution in [0.5, 0.6) is 17.2 Å². The molecule has 0 amide bonds. The lowest BCUT2D eigenvalue weighted by molar-refractivity contribution is 0.0734. The highest BCUT2D eigenvalue weighted by atomic mass is 16.5. The van der Waals surface area contributed by atoms with Crippen molar-refractivity contribution in [3.8, 4) is 17.2 Å². The Balaban J connectivity index is 1.60. The third-order valence-corrected chi connectivity index (χ3v) is 5.96. The molecule has 2 rings (SSSR count). The number of ether oxygens (including phenoxy) is 3. The minimum Gasteiger partial charge on any atom is -0.494 e. The SMILES string of the molecule is C=CCCCCCCCCCOc1ccc(C(=O)Oc2ccc(OCCCCCCC)cc2)cc1. The summed E-state index contributed by atoms with van der Waals surface area (Å²) in [5, 5.41) is 0. The van der Waals surface area contributed by atoms with E-state index in [1.165, 1.54) is 64.2 Å². The van der Waals surface area contributed by atoms with E-state index in [9.17, 15) is 4.79 Å². The highest BCUT2D eigenvalue weighted by Crippen LogP contribution is 2.20. The second kappa shape index (κ2) is 18.6. The zero-order valence-corrected chi connectivity index (χ0v) is 21.6. The summed E-state index contributed by atoms with van der Waals surface area (Å²) < 4.78 is 17.1. The van der Waals surface area contributed by atoms with Gasteiger partial charge in [0, 0.05) is 0 Å². The number of esters is 1.